The van der Waals surface area contributed by atoms with Crippen molar-refractivity contribution in [2.45, 2.75) is 57.2 Å². The standard InChI is InChI=1S/C11H24N2O2S/c1-9(2)11(12)8-13-16(14,15)10-6-4-3-5-7-10/h9-11,13H,3-8,12H2,1-2H3. The molecule has 0 saturated heterocycles. The molecule has 0 bridgehead atoms. The summed E-state index contributed by atoms with van der Waals surface area (Å²) >= 11 is 0. The second-order valence-electron chi connectivity index (χ2n) is 5.06. The minimum atomic E-state index is -3.14. The predicted octanol–water partition coefficient (Wildman–Crippen LogP) is 1.22. The van der Waals surface area contributed by atoms with Gasteiger partial charge in [-0.25, -0.2) is 13.1 Å². The molecule has 0 aliphatic heterocycles. The molecule has 0 radical (unpaired) electrons. The van der Waals surface area contributed by atoms with E-state index in [4.69, 9.17) is 5.73 Å². The van der Waals surface area contributed by atoms with Crippen LogP contribution in [0.1, 0.15) is 46.0 Å². The Hall–Kier alpha value is -0.130. The maximum Gasteiger partial charge on any atom is 0.214 e. The molecule has 1 atom stereocenters. The van der Waals surface area contributed by atoms with Crippen LogP contribution in [0.5, 0.6) is 0 Å². The third-order valence-electron chi connectivity index (χ3n) is 3.37. The molecule has 0 aromatic rings. The van der Waals surface area contributed by atoms with E-state index < -0.39 is 10.0 Å². The summed E-state index contributed by atoms with van der Waals surface area (Å²) in [5.74, 6) is 0.300. The molecule has 1 unspecified atom stereocenters. The normalized spacial score (nSPS) is 21.2. The molecule has 1 aliphatic carbocycles. The van der Waals surface area contributed by atoms with Crippen LogP contribution < -0.4 is 10.5 Å². The lowest BCUT2D eigenvalue weighted by molar-refractivity contribution is 0.459. The van der Waals surface area contributed by atoms with Crippen LogP contribution in [-0.2, 0) is 10.0 Å². The van der Waals surface area contributed by atoms with E-state index in [2.05, 4.69) is 4.72 Å². The van der Waals surface area contributed by atoms with Gasteiger partial charge < -0.3 is 5.73 Å². The van der Waals surface area contributed by atoms with Crippen molar-refractivity contribution in [3.63, 3.8) is 0 Å². The Morgan fingerprint density at radius 2 is 1.81 bits per heavy atom. The summed E-state index contributed by atoms with van der Waals surface area (Å²) in [7, 11) is -3.14. The third kappa shape index (κ3) is 4.03. The van der Waals surface area contributed by atoms with Gasteiger partial charge in [0.25, 0.3) is 0 Å². The summed E-state index contributed by atoms with van der Waals surface area (Å²) in [5.41, 5.74) is 5.83. The molecule has 0 heterocycles. The maximum absolute atomic E-state index is 11.9. The maximum atomic E-state index is 11.9. The van der Waals surface area contributed by atoms with Gasteiger partial charge in [0.2, 0.25) is 10.0 Å². The van der Waals surface area contributed by atoms with Crippen LogP contribution in [0.3, 0.4) is 0 Å². The highest BCUT2D eigenvalue weighted by Gasteiger charge is 2.27. The van der Waals surface area contributed by atoms with Crippen molar-refractivity contribution in [2.24, 2.45) is 11.7 Å². The summed E-state index contributed by atoms with van der Waals surface area (Å²) in [6.07, 6.45) is 4.82. The van der Waals surface area contributed by atoms with Crippen LogP contribution in [-0.4, -0.2) is 26.3 Å². The Bertz CT molecular complexity index is 295. The zero-order valence-electron chi connectivity index (χ0n) is 10.3. The van der Waals surface area contributed by atoms with Crippen LogP contribution in [0.15, 0.2) is 0 Å². The molecule has 1 aliphatic rings. The van der Waals surface area contributed by atoms with E-state index in [1.54, 1.807) is 0 Å². The first-order valence-corrected chi connectivity index (χ1v) is 7.72. The number of hydrogen-bond donors (Lipinski definition) is 2. The van der Waals surface area contributed by atoms with Crippen LogP contribution in [0.4, 0.5) is 0 Å². The Balaban J connectivity index is 2.44. The van der Waals surface area contributed by atoms with Crippen LogP contribution in [0, 0.1) is 5.92 Å². The summed E-state index contributed by atoms with van der Waals surface area (Å²) in [5, 5.41) is -0.194. The van der Waals surface area contributed by atoms with Gasteiger partial charge in [-0.1, -0.05) is 33.1 Å². The van der Waals surface area contributed by atoms with E-state index in [9.17, 15) is 8.42 Å². The van der Waals surface area contributed by atoms with E-state index in [1.165, 1.54) is 0 Å². The SMILES string of the molecule is CC(C)C(N)CNS(=O)(=O)C1CCCCC1. The predicted molar refractivity (Wildman–Crippen MR) is 66.6 cm³/mol. The highest BCUT2D eigenvalue weighted by atomic mass is 32.2. The van der Waals surface area contributed by atoms with Crippen molar-refractivity contribution in [2.75, 3.05) is 6.54 Å². The molecule has 5 heteroatoms. The van der Waals surface area contributed by atoms with Crippen molar-refractivity contribution in [1.82, 2.24) is 4.72 Å². The van der Waals surface area contributed by atoms with Crippen LogP contribution >= 0.6 is 0 Å². The van der Waals surface area contributed by atoms with Gasteiger partial charge in [0.05, 0.1) is 5.25 Å². The fraction of sp³-hybridized carbons (Fsp3) is 1.00. The van der Waals surface area contributed by atoms with Gasteiger partial charge in [0.15, 0.2) is 0 Å². The quantitative estimate of drug-likeness (QED) is 0.768. The first-order chi connectivity index (χ1) is 7.43. The molecule has 1 rings (SSSR count). The molecule has 0 aromatic carbocycles. The minimum absolute atomic E-state index is 0.0987. The van der Waals surface area contributed by atoms with Crippen molar-refractivity contribution >= 4 is 10.0 Å². The average Bonchev–Trinajstić information content (AvgIpc) is 2.27. The molecule has 0 aromatic heterocycles. The lowest BCUT2D eigenvalue weighted by atomic mass is 10.0. The van der Waals surface area contributed by atoms with Gasteiger partial charge in [-0.2, -0.15) is 0 Å². The molecule has 16 heavy (non-hydrogen) atoms. The zero-order valence-corrected chi connectivity index (χ0v) is 11.1. The average molecular weight is 248 g/mol. The molecule has 0 amide bonds. The van der Waals surface area contributed by atoms with Gasteiger partial charge in [0, 0.05) is 12.6 Å². The van der Waals surface area contributed by atoms with E-state index in [0.29, 0.717) is 12.5 Å². The first-order valence-electron chi connectivity index (χ1n) is 6.17. The topological polar surface area (TPSA) is 72.2 Å². The summed E-state index contributed by atoms with van der Waals surface area (Å²) < 4.78 is 26.5. The number of sulfonamides is 1. The summed E-state index contributed by atoms with van der Waals surface area (Å²) in [6, 6.07) is -0.0987. The molecule has 3 N–H and O–H groups in total. The Labute approximate surface area is 99.0 Å². The third-order valence-corrected chi connectivity index (χ3v) is 5.29. The number of nitrogens with two attached hydrogens (primary N) is 1. The lowest BCUT2D eigenvalue weighted by Crippen LogP contribution is -2.44. The largest absolute Gasteiger partial charge is 0.326 e. The second-order valence-corrected chi connectivity index (χ2v) is 7.11. The fourth-order valence-electron chi connectivity index (χ4n) is 1.94. The van der Waals surface area contributed by atoms with Crippen LogP contribution in [0.2, 0.25) is 0 Å². The lowest BCUT2D eigenvalue weighted by Gasteiger charge is -2.23. The molecular weight excluding hydrogens is 224 g/mol. The van der Waals surface area contributed by atoms with Gasteiger partial charge in [-0.15, -0.1) is 0 Å². The second kappa shape index (κ2) is 5.98. The molecule has 96 valence electrons. The smallest absolute Gasteiger partial charge is 0.214 e. The van der Waals surface area contributed by atoms with Crippen LogP contribution in [0.25, 0.3) is 0 Å². The van der Waals surface area contributed by atoms with Gasteiger partial charge in [-0.3, -0.25) is 0 Å². The summed E-state index contributed by atoms with van der Waals surface area (Å²) in [6.45, 7) is 4.36. The highest BCUT2D eigenvalue weighted by molar-refractivity contribution is 7.90. The van der Waals surface area contributed by atoms with E-state index in [1.807, 2.05) is 13.8 Å². The zero-order chi connectivity index (χ0) is 12.2. The van der Waals surface area contributed by atoms with Gasteiger partial charge in [-0.05, 0) is 18.8 Å². The Kier molecular flexibility index (Phi) is 5.21. The van der Waals surface area contributed by atoms with Gasteiger partial charge in [0.1, 0.15) is 0 Å². The number of nitrogens with one attached hydrogen (secondary N) is 1. The molecule has 1 fully saturated rings. The van der Waals surface area contributed by atoms with Crippen molar-refractivity contribution in [3.05, 3.63) is 0 Å². The monoisotopic (exact) mass is 248 g/mol. The first kappa shape index (κ1) is 13.9. The highest BCUT2D eigenvalue weighted by Crippen LogP contribution is 2.22. The van der Waals surface area contributed by atoms with Gasteiger partial charge >= 0.3 is 0 Å². The van der Waals surface area contributed by atoms with E-state index >= 15 is 0 Å². The molecule has 0 spiro atoms. The summed E-state index contributed by atoms with van der Waals surface area (Å²) in [4.78, 5) is 0. The molecule has 4 nitrogen and oxygen atoms in total. The Morgan fingerprint density at radius 3 is 2.31 bits per heavy atom. The Morgan fingerprint density at radius 1 is 1.25 bits per heavy atom. The van der Waals surface area contributed by atoms with E-state index in [-0.39, 0.29) is 11.3 Å². The van der Waals surface area contributed by atoms with E-state index in [0.717, 1.165) is 32.1 Å². The molecule has 1 saturated carbocycles. The number of rotatable bonds is 5. The number of hydrogen-bond acceptors (Lipinski definition) is 3. The minimum Gasteiger partial charge on any atom is -0.326 e. The van der Waals surface area contributed by atoms with Crippen molar-refractivity contribution in [1.29, 1.82) is 0 Å². The fourth-order valence-corrected chi connectivity index (χ4v) is 3.56. The van der Waals surface area contributed by atoms with Crippen molar-refractivity contribution < 1.29 is 8.42 Å². The molecular formula is C11H24N2O2S. The van der Waals surface area contributed by atoms with Crippen molar-refractivity contribution in [3.8, 4) is 0 Å².